The van der Waals surface area contributed by atoms with E-state index in [-0.39, 0.29) is 30.6 Å². The highest BCUT2D eigenvalue weighted by molar-refractivity contribution is 8.14. The maximum absolute atomic E-state index is 14.4. The Bertz CT molecular complexity index is 1320. The standard InChI is InChI=1S/C30H31FN4O2S/c31-25-9-2-1-8-23(25)21-35-26-10-3-4-11-27(26)38-28(20-29(35)36)33-24-14-12-22(13-15-24)30(37)32-16-7-19-34-17-5-6-18-34/h1-4,8-15H,5-7,16-21H2,(H,32,37)/b33-28+. The largest absolute Gasteiger partial charge is 0.352 e. The van der Waals surface area contributed by atoms with Crippen LogP contribution in [0.4, 0.5) is 15.8 Å². The first-order valence-electron chi connectivity index (χ1n) is 13.1. The van der Waals surface area contributed by atoms with E-state index in [1.54, 1.807) is 47.4 Å². The lowest BCUT2D eigenvalue weighted by atomic mass is 10.1. The zero-order valence-corrected chi connectivity index (χ0v) is 22.1. The van der Waals surface area contributed by atoms with Gasteiger partial charge in [0.05, 0.1) is 29.4 Å². The van der Waals surface area contributed by atoms with Gasteiger partial charge in [0.1, 0.15) is 5.82 Å². The second-order valence-corrected chi connectivity index (χ2v) is 10.6. The third-order valence-corrected chi connectivity index (χ3v) is 7.83. The molecule has 0 saturated carbocycles. The Morgan fingerprint density at radius 1 is 0.974 bits per heavy atom. The fourth-order valence-corrected chi connectivity index (χ4v) is 5.80. The highest BCUT2D eigenvalue weighted by Gasteiger charge is 2.26. The fraction of sp³-hybridized carbons (Fsp3) is 0.300. The van der Waals surface area contributed by atoms with Crippen LogP contribution in [0.3, 0.4) is 0 Å². The molecule has 0 radical (unpaired) electrons. The molecular weight excluding hydrogens is 499 g/mol. The van der Waals surface area contributed by atoms with Crippen LogP contribution < -0.4 is 10.2 Å². The number of rotatable bonds is 8. The van der Waals surface area contributed by atoms with Gasteiger partial charge in [0, 0.05) is 22.6 Å². The van der Waals surface area contributed by atoms with Gasteiger partial charge in [-0.1, -0.05) is 42.1 Å². The van der Waals surface area contributed by atoms with Crippen LogP contribution in [0.25, 0.3) is 0 Å². The number of amides is 2. The molecular formula is C30H31FN4O2S. The third-order valence-electron chi connectivity index (χ3n) is 6.79. The number of fused-ring (bicyclic) bond motifs is 1. The molecule has 0 bridgehead atoms. The second kappa shape index (κ2) is 12.4. The molecule has 0 unspecified atom stereocenters. The van der Waals surface area contributed by atoms with E-state index in [1.807, 2.05) is 24.3 Å². The summed E-state index contributed by atoms with van der Waals surface area (Å²) in [6, 6.07) is 21.2. The lowest BCUT2D eigenvalue weighted by molar-refractivity contribution is -0.117. The van der Waals surface area contributed by atoms with Crippen molar-refractivity contribution in [1.82, 2.24) is 10.2 Å². The van der Waals surface area contributed by atoms with Crippen LogP contribution in [0, 0.1) is 5.82 Å². The van der Waals surface area contributed by atoms with Gasteiger partial charge in [-0.3, -0.25) is 9.59 Å². The molecule has 1 N–H and O–H groups in total. The summed E-state index contributed by atoms with van der Waals surface area (Å²) in [7, 11) is 0. The molecule has 196 valence electrons. The monoisotopic (exact) mass is 530 g/mol. The summed E-state index contributed by atoms with van der Waals surface area (Å²) in [5.74, 6) is -0.573. The summed E-state index contributed by atoms with van der Waals surface area (Å²) in [5, 5.41) is 3.65. The Labute approximate surface area is 226 Å². The molecule has 38 heavy (non-hydrogen) atoms. The quantitative estimate of drug-likeness (QED) is 0.374. The smallest absolute Gasteiger partial charge is 0.251 e. The molecule has 2 heterocycles. The molecule has 0 aromatic heterocycles. The van der Waals surface area contributed by atoms with Gasteiger partial charge in [-0.15, -0.1) is 0 Å². The van der Waals surface area contributed by atoms with Gasteiger partial charge in [0.2, 0.25) is 5.91 Å². The zero-order chi connectivity index (χ0) is 26.3. The molecule has 0 atom stereocenters. The normalized spacial score (nSPS) is 16.9. The number of carbonyl (C=O) groups is 2. The van der Waals surface area contributed by atoms with Gasteiger partial charge in [-0.25, -0.2) is 9.38 Å². The number of thioether (sulfide) groups is 1. The highest BCUT2D eigenvalue weighted by atomic mass is 32.2. The topological polar surface area (TPSA) is 65.0 Å². The number of para-hydroxylation sites is 1. The number of benzene rings is 3. The van der Waals surface area contributed by atoms with Crippen LogP contribution in [-0.2, 0) is 11.3 Å². The predicted molar refractivity (Wildman–Crippen MR) is 151 cm³/mol. The van der Waals surface area contributed by atoms with E-state index in [4.69, 9.17) is 4.99 Å². The number of halogens is 1. The molecule has 3 aromatic rings. The summed E-state index contributed by atoms with van der Waals surface area (Å²) in [4.78, 5) is 35.5. The molecule has 0 spiro atoms. The van der Waals surface area contributed by atoms with Crippen LogP contribution in [0.1, 0.15) is 41.6 Å². The fourth-order valence-electron chi connectivity index (χ4n) is 4.77. The first-order chi connectivity index (χ1) is 18.6. The number of likely N-dealkylation sites (tertiary alicyclic amines) is 1. The number of aliphatic imine (C=N–C) groups is 1. The first kappa shape index (κ1) is 26.1. The number of carbonyl (C=O) groups excluding carboxylic acids is 2. The van der Waals surface area contributed by atoms with E-state index < -0.39 is 0 Å². The number of nitrogens with zero attached hydrogens (tertiary/aromatic N) is 3. The molecule has 6 nitrogen and oxygen atoms in total. The van der Waals surface area contributed by atoms with Crippen LogP contribution in [-0.4, -0.2) is 47.9 Å². The number of nitrogens with one attached hydrogen (secondary N) is 1. The van der Waals surface area contributed by atoms with Gasteiger partial charge < -0.3 is 15.1 Å². The lowest BCUT2D eigenvalue weighted by Crippen LogP contribution is -2.30. The van der Waals surface area contributed by atoms with E-state index in [0.717, 1.165) is 36.6 Å². The molecule has 8 heteroatoms. The average Bonchev–Trinajstić information content (AvgIpc) is 3.41. The van der Waals surface area contributed by atoms with Crippen molar-refractivity contribution < 1.29 is 14.0 Å². The predicted octanol–water partition coefficient (Wildman–Crippen LogP) is 5.80. The van der Waals surface area contributed by atoms with Gasteiger partial charge in [0.15, 0.2) is 0 Å². The molecule has 2 aliphatic heterocycles. The summed E-state index contributed by atoms with van der Waals surface area (Å²) in [6.07, 6.45) is 3.59. The Morgan fingerprint density at radius 3 is 2.50 bits per heavy atom. The average molecular weight is 531 g/mol. The van der Waals surface area contributed by atoms with Crippen LogP contribution >= 0.6 is 11.8 Å². The van der Waals surface area contributed by atoms with Crippen molar-refractivity contribution in [3.05, 3.63) is 89.7 Å². The SMILES string of the molecule is O=C(NCCCN1CCCC1)c1ccc(/N=C2\CC(=O)N(Cc3ccccc3F)c3ccccc3S2)cc1. The van der Waals surface area contributed by atoms with Crippen LogP contribution in [0.15, 0.2) is 82.7 Å². The number of hydrogen-bond donors (Lipinski definition) is 1. The second-order valence-electron chi connectivity index (χ2n) is 9.53. The molecule has 2 aliphatic rings. The molecule has 0 aliphatic carbocycles. The maximum Gasteiger partial charge on any atom is 0.251 e. The first-order valence-corrected chi connectivity index (χ1v) is 13.9. The van der Waals surface area contributed by atoms with Crippen molar-refractivity contribution in [2.75, 3.05) is 31.1 Å². The molecule has 3 aromatic carbocycles. The van der Waals surface area contributed by atoms with E-state index in [2.05, 4.69) is 10.2 Å². The number of anilines is 1. The Kier molecular flexibility index (Phi) is 8.51. The summed E-state index contributed by atoms with van der Waals surface area (Å²) >= 11 is 1.44. The minimum absolute atomic E-state index is 0.0950. The molecule has 2 amide bonds. The lowest BCUT2D eigenvalue weighted by Gasteiger charge is -2.22. The maximum atomic E-state index is 14.4. The minimum Gasteiger partial charge on any atom is -0.352 e. The van der Waals surface area contributed by atoms with E-state index in [9.17, 15) is 14.0 Å². The van der Waals surface area contributed by atoms with Crippen molar-refractivity contribution in [1.29, 1.82) is 0 Å². The Hall–Kier alpha value is -3.49. The van der Waals surface area contributed by atoms with Crippen molar-refractivity contribution >= 4 is 40.0 Å². The molecule has 1 saturated heterocycles. The van der Waals surface area contributed by atoms with Gasteiger partial charge in [-0.2, -0.15) is 0 Å². The summed E-state index contributed by atoms with van der Waals surface area (Å²) < 4.78 is 14.4. The van der Waals surface area contributed by atoms with Gasteiger partial charge in [-0.05, 0) is 81.4 Å². The van der Waals surface area contributed by atoms with Crippen molar-refractivity contribution in [2.45, 2.75) is 37.1 Å². The van der Waals surface area contributed by atoms with E-state index >= 15 is 0 Å². The van der Waals surface area contributed by atoms with E-state index in [0.29, 0.717) is 28.4 Å². The van der Waals surface area contributed by atoms with Crippen LogP contribution in [0.2, 0.25) is 0 Å². The Balaban J connectivity index is 1.25. The van der Waals surface area contributed by atoms with Crippen molar-refractivity contribution in [2.24, 2.45) is 4.99 Å². The van der Waals surface area contributed by atoms with E-state index in [1.165, 1.54) is 30.7 Å². The van der Waals surface area contributed by atoms with Crippen molar-refractivity contribution in [3.63, 3.8) is 0 Å². The zero-order valence-electron chi connectivity index (χ0n) is 21.2. The molecule has 5 rings (SSSR count). The Morgan fingerprint density at radius 2 is 1.71 bits per heavy atom. The van der Waals surface area contributed by atoms with Crippen molar-refractivity contribution in [3.8, 4) is 0 Å². The summed E-state index contributed by atoms with van der Waals surface area (Å²) in [5.41, 5.74) is 2.46. The number of hydrogen-bond acceptors (Lipinski definition) is 5. The minimum atomic E-state index is -0.334. The third kappa shape index (κ3) is 6.49. The van der Waals surface area contributed by atoms with Gasteiger partial charge >= 0.3 is 0 Å². The summed E-state index contributed by atoms with van der Waals surface area (Å²) in [6.45, 7) is 4.15. The van der Waals surface area contributed by atoms with Gasteiger partial charge in [0.25, 0.3) is 5.91 Å². The highest BCUT2D eigenvalue weighted by Crippen LogP contribution is 2.37. The van der Waals surface area contributed by atoms with Crippen LogP contribution in [0.5, 0.6) is 0 Å². The molecule has 1 fully saturated rings.